The fourth-order valence-electron chi connectivity index (χ4n) is 5.97. The molecule has 4 aliphatic carbocycles. The van der Waals surface area contributed by atoms with Gasteiger partial charge in [-0.3, -0.25) is 0 Å². The van der Waals surface area contributed by atoms with Gasteiger partial charge in [0.15, 0.2) is 0 Å². The zero-order valence-electron chi connectivity index (χ0n) is 15.7. The SMILES string of the molecule is CC(C)(C)c1ccc(S(=O)(=O)NCC23CC4CC(CC(C4)C2)C3)cc1. The van der Waals surface area contributed by atoms with Gasteiger partial charge in [-0.25, -0.2) is 13.1 Å². The summed E-state index contributed by atoms with van der Waals surface area (Å²) in [5.41, 5.74) is 1.43. The molecule has 4 aliphatic rings. The molecule has 4 saturated carbocycles. The van der Waals surface area contributed by atoms with E-state index in [2.05, 4.69) is 25.5 Å². The first kappa shape index (κ1) is 17.5. The molecule has 4 heteroatoms. The second kappa shape index (κ2) is 5.82. The predicted octanol–water partition coefficient (Wildman–Crippen LogP) is 4.48. The quantitative estimate of drug-likeness (QED) is 0.859. The summed E-state index contributed by atoms with van der Waals surface area (Å²) in [4.78, 5) is 0.394. The van der Waals surface area contributed by atoms with Gasteiger partial charge >= 0.3 is 0 Å². The van der Waals surface area contributed by atoms with E-state index in [1.54, 1.807) is 12.1 Å². The maximum Gasteiger partial charge on any atom is 0.240 e. The zero-order chi connectivity index (χ0) is 17.9. The van der Waals surface area contributed by atoms with Crippen LogP contribution >= 0.6 is 0 Å². The van der Waals surface area contributed by atoms with E-state index in [-0.39, 0.29) is 10.8 Å². The minimum Gasteiger partial charge on any atom is -0.211 e. The predicted molar refractivity (Wildman–Crippen MR) is 101 cm³/mol. The fraction of sp³-hybridized carbons (Fsp3) is 0.714. The zero-order valence-corrected chi connectivity index (χ0v) is 16.5. The number of hydrogen-bond acceptors (Lipinski definition) is 2. The van der Waals surface area contributed by atoms with E-state index >= 15 is 0 Å². The maximum atomic E-state index is 12.8. The molecular formula is C21H31NO2S. The van der Waals surface area contributed by atoms with Gasteiger partial charge in [0.2, 0.25) is 10.0 Å². The molecule has 5 rings (SSSR count). The second-order valence-corrected chi connectivity index (χ2v) is 11.8. The van der Waals surface area contributed by atoms with E-state index in [0.717, 1.165) is 23.3 Å². The van der Waals surface area contributed by atoms with Crippen molar-refractivity contribution in [2.24, 2.45) is 23.2 Å². The second-order valence-electron chi connectivity index (χ2n) is 10.0. The van der Waals surface area contributed by atoms with Gasteiger partial charge in [-0.05, 0) is 84.8 Å². The van der Waals surface area contributed by atoms with Crippen molar-refractivity contribution in [2.45, 2.75) is 69.6 Å². The highest BCUT2D eigenvalue weighted by molar-refractivity contribution is 7.89. The molecule has 0 unspecified atom stereocenters. The Hall–Kier alpha value is -0.870. The summed E-state index contributed by atoms with van der Waals surface area (Å²) in [5.74, 6) is 2.55. The highest BCUT2D eigenvalue weighted by Crippen LogP contribution is 2.59. The van der Waals surface area contributed by atoms with Crippen LogP contribution in [-0.2, 0) is 15.4 Å². The van der Waals surface area contributed by atoms with Gasteiger partial charge in [0.25, 0.3) is 0 Å². The molecule has 0 aliphatic heterocycles. The lowest BCUT2D eigenvalue weighted by atomic mass is 9.50. The van der Waals surface area contributed by atoms with Crippen LogP contribution in [0.3, 0.4) is 0 Å². The third-order valence-corrected chi connectivity index (χ3v) is 8.25. The molecule has 0 amide bonds. The van der Waals surface area contributed by atoms with Gasteiger partial charge in [-0.2, -0.15) is 0 Å². The molecule has 1 aromatic carbocycles. The number of sulfonamides is 1. The van der Waals surface area contributed by atoms with Gasteiger partial charge in [0.1, 0.15) is 0 Å². The molecule has 3 nitrogen and oxygen atoms in total. The summed E-state index contributed by atoms with van der Waals surface area (Å²) < 4.78 is 28.5. The molecule has 0 atom stereocenters. The van der Waals surface area contributed by atoms with Crippen LogP contribution in [0.2, 0.25) is 0 Å². The Bertz CT molecular complexity index is 708. The molecule has 4 bridgehead atoms. The van der Waals surface area contributed by atoms with E-state index in [0.29, 0.717) is 11.4 Å². The minimum absolute atomic E-state index is 0.0366. The summed E-state index contributed by atoms with van der Waals surface area (Å²) in [7, 11) is -3.42. The van der Waals surface area contributed by atoms with Crippen LogP contribution in [0.4, 0.5) is 0 Å². The van der Waals surface area contributed by atoms with Crippen LogP contribution in [0, 0.1) is 23.2 Å². The molecule has 0 saturated heterocycles. The maximum absolute atomic E-state index is 12.8. The summed E-state index contributed by atoms with van der Waals surface area (Å²) in [6.45, 7) is 7.05. The van der Waals surface area contributed by atoms with Crippen LogP contribution < -0.4 is 4.72 Å². The largest absolute Gasteiger partial charge is 0.240 e. The standard InChI is InChI=1S/C21H31NO2S/c1-20(2,3)18-4-6-19(7-5-18)25(23,24)22-14-21-11-15-8-16(12-21)10-17(9-15)13-21/h4-7,15-17,22H,8-14H2,1-3H3. The van der Waals surface area contributed by atoms with Crippen molar-refractivity contribution in [3.63, 3.8) is 0 Å². The van der Waals surface area contributed by atoms with Gasteiger partial charge in [-0.1, -0.05) is 32.9 Å². The minimum atomic E-state index is -3.42. The Balaban J connectivity index is 1.47. The Morgan fingerprint density at radius 1 is 0.960 bits per heavy atom. The van der Waals surface area contributed by atoms with E-state index in [4.69, 9.17) is 0 Å². The summed E-state index contributed by atoms with van der Waals surface area (Å²) in [6, 6.07) is 7.39. The monoisotopic (exact) mass is 361 g/mol. The lowest BCUT2D eigenvalue weighted by Crippen LogP contribution is -2.51. The van der Waals surface area contributed by atoms with Gasteiger partial charge in [0.05, 0.1) is 4.90 Å². The Labute approximate surface area is 152 Å². The van der Waals surface area contributed by atoms with Crippen LogP contribution in [0.1, 0.15) is 64.9 Å². The van der Waals surface area contributed by atoms with Crippen molar-refractivity contribution in [1.82, 2.24) is 4.72 Å². The third-order valence-electron chi connectivity index (χ3n) is 6.83. The number of rotatable bonds is 4. The lowest BCUT2D eigenvalue weighted by Gasteiger charge is -2.56. The van der Waals surface area contributed by atoms with Crippen molar-refractivity contribution in [3.05, 3.63) is 29.8 Å². The average Bonchev–Trinajstić information content (AvgIpc) is 2.51. The van der Waals surface area contributed by atoms with Crippen LogP contribution in [-0.4, -0.2) is 15.0 Å². The van der Waals surface area contributed by atoms with Crippen molar-refractivity contribution >= 4 is 10.0 Å². The molecule has 0 radical (unpaired) electrons. The lowest BCUT2D eigenvalue weighted by molar-refractivity contribution is -0.0487. The fourth-order valence-corrected chi connectivity index (χ4v) is 7.13. The van der Waals surface area contributed by atoms with Crippen LogP contribution in [0.15, 0.2) is 29.2 Å². The molecule has 138 valence electrons. The van der Waals surface area contributed by atoms with Gasteiger partial charge in [-0.15, -0.1) is 0 Å². The normalized spacial score (nSPS) is 34.4. The average molecular weight is 362 g/mol. The highest BCUT2D eigenvalue weighted by Gasteiger charge is 2.50. The van der Waals surface area contributed by atoms with E-state index in [1.165, 1.54) is 38.5 Å². The molecule has 0 spiro atoms. The third kappa shape index (κ3) is 3.40. The van der Waals surface area contributed by atoms with E-state index < -0.39 is 10.0 Å². The number of hydrogen-bond donors (Lipinski definition) is 1. The first-order valence-corrected chi connectivity index (χ1v) is 11.2. The molecule has 4 fully saturated rings. The summed E-state index contributed by atoms with van der Waals surface area (Å²) in [6.07, 6.45) is 7.85. The Morgan fingerprint density at radius 3 is 1.88 bits per heavy atom. The molecule has 25 heavy (non-hydrogen) atoms. The molecule has 0 aromatic heterocycles. The Morgan fingerprint density at radius 2 is 1.44 bits per heavy atom. The van der Waals surface area contributed by atoms with Crippen molar-refractivity contribution < 1.29 is 8.42 Å². The van der Waals surface area contributed by atoms with Gasteiger partial charge in [0, 0.05) is 6.54 Å². The number of nitrogens with one attached hydrogen (secondary N) is 1. The first-order chi connectivity index (χ1) is 11.7. The molecule has 0 heterocycles. The molecule has 1 aromatic rings. The van der Waals surface area contributed by atoms with Crippen LogP contribution in [0.25, 0.3) is 0 Å². The topological polar surface area (TPSA) is 46.2 Å². The number of benzene rings is 1. The van der Waals surface area contributed by atoms with Crippen LogP contribution in [0.5, 0.6) is 0 Å². The van der Waals surface area contributed by atoms with Gasteiger partial charge < -0.3 is 0 Å². The molecule has 1 N–H and O–H groups in total. The highest BCUT2D eigenvalue weighted by atomic mass is 32.2. The summed E-state index contributed by atoms with van der Waals surface area (Å²) >= 11 is 0. The Kier molecular flexibility index (Phi) is 4.08. The smallest absolute Gasteiger partial charge is 0.211 e. The van der Waals surface area contributed by atoms with Crippen molar-refractivity contribution in [1.29, 1.82) is 0 Å². The van der Waals surface area contributed by atoms with E-state index in [9.17, 15) is 8.42 Å². The molecular weight excluding hydrogens is 330 g/mol. The van der Waals surface area contributed by atoms with E-state index in [1.807, 2.05) is 12.1 Å². The first-order valence-electron chi connectivity index (χ1n) is 9.75. The van der Waals surface area contributed by atoms with Crippen molar-refractivity contribution in [3.8, 4) is 0 Å². The van der Waals surface area contributed by atoms with Crippen molar-refractivity contribution in [2.75, 3.05) is 6.54 Å². The summed E-state index contributed by atoms with van der Waals surface area (Å²) in [5, 5.41) is 0.